The summed E-state index contributed by atoms with van der Waals surface area (Å²) in [7, 11) is 0. The summed E-state index contributed by atoms with van der Waals surface area (Å²) in [6, 6.07) is 5.28. The predicted molar refractivity (Wildman–Crippen MR) is 75.6 cm³/mol. The van der Waals surface area contributed by atoms with Crippen molar-refractivity contribution in [3.8, 4) is 5.75 Å². The number of hydrogen-bond acceptors (Lipinski definition) is 3. The highest BCUT2D eigenvalue weighted by Gasteiger charge is 2.39. The van der Waals surface area contributed by atoms with Crippen molar-refractivity contribution < 1.29 is 23.8 Å². The van der Waals surface area contributed by atoms with Crippen molar-refractivity contribution in [1.29, 1.82) is 0 Å². The Labute approximate surface area is 123 Å². The standard InChI is InChI=1S/C15H20FNO4/c1-5-17(15(3,4)14(19)20)13(18)10(2)21-12-8-6-11(16)7-9-12/h6-10H,5H2,1-4H3,(H,19,20). The Morgan fingerprint density at radius 1 is 1.33 bits per heavy atom. The summed E-state index contributed by atoms with van der Waals surface area (Å²) in [5, 5.41) is 9.22. The molecule has 1 unspecified atom stereocenters. The molecule has 0 radical (unpaired) electrons. The number of rotatable bonds is 6. The Hall–Kier alpha value is -2.11. The molecule has 0 aromatic heterocycles. The maximum atomic E-state index is 12.8. The minimum atomic E-state index is -1.33. The fourth-order valence-electron chi connectivity index (χ4n) is 1.93. The van der Waals surface area contributed by atoms with Gasteiger partial charge in [-0.25, -0.2) is 9.18 Å². The third-order valence-electron chi connectivity index (χ3n) is 3.25. The van der Waals surface area contributed by atoms with Crippen LogP contribution in [0.15, 0.2) is 24.3 Å². The van der Waals surface area contributed by atoms with Crippen molar-refractivity contribution in [2.45, 2.75) is 39.3 Å². The molecule has 0 saturated heterocycles. The van der Waals surface area contributed by atoms with E-state index in [0.29, 0.717) is 5.75 Å². The molecule has 1 amide bonds. The van der Waals surface area contributed by atoms with E-state index in [1.807, 2.05) is 0 Å². The van der Waals surface area contributed by atoms with Crippen molar-refractivity contribution in [2.75, 3.05) is 6.54 Å². The minimum absolute atomic E-state index is 0.245. The number of halogens is 1. The predicted octanol–water partition coefficient (Wildman–Crippen LogP) is 2.30. The first-order valence-electron chi connectivity index (χ1n) is 6.67. The molecule has 0 fully saturated rings. The molecule has 1 aromatic carbocycles. The maximum Gasteiger partial charge on any atom is 0.329 e. The lowest BCUT2D eigenvalue weighted by atomic mass is 10.0. The van der Waals surface area contributed by atoms with Crippen LogP contribution in [-0.4, -0.2) is 40.1 Å². The van der Waals surface area contributed by atoms with E-state index in [2.05, 4.69) is 0 Å². The number of amides is 1. The van der Waals surface area contributed by atoms with Gasteiger partial charge >= 0.3 is 5.97 Å². The van der Waals surface area contributed by atoms with Crippen molar-refractivity contribution >= 4 is 11.9 Å². The molecular weight excluding hydrogens is 277 g/mol. The molecule has 1 rings (SSSR count). The molecule has 116 valence electrons. The molecule has 0 heterocycles. The lowest BCUT2D eigenvalue weighted by Gasteiger charge is -2.35. The van der Waals surface area contributed by atoms with Gasteiger partial charge < -0.3 is 14.7 Å². The van der Waals surface area contributed by atoms with Crippen LogP contribution in [0.5, 0.6) is 5.75 Å². The third kappa shape index (κ3) is 3.93. The molecule has 0 bridgehead atoms. The van der Waals surface area contributed by atoms with E-state index < -0.39 is 29.3 Å². The average Bonchev–Trinajstić information content (AvgIpc) is 2.41. The zero-order valence-corrected chi connectivity index (χ0v) is 12.6. The molecule has 21 heavy (non-hydrogen) atoms. The number of ether oxygens (including phenoxy) is 1. The normalized spacial score (nSPS) is 12.6. The molecule has 1 atom stereocenters. The zero-order chi connectivity index (χ0) is 16.2. The van der Waals surface area contributed by atoms with Gasteiger partial charge in [0.25, 0.3) is 5.91 Å². The van der Waals surface area contributed by atoms with Gasteiger partial charge in [-0.3, -0.25) is 4.79 Å². The summed E-state index contributed by atoms with van der Waals surface area (Å²) >= 11 is 0. The fraction of sp³-hybridized carbons (Fsp3) is 0.467. The summed E-state index contributed by atoms with van der Waals surface area (Å²) in [4.78, 5) is 24.9. The van der Waals surface area contributed by atoms with Crippen LogP contribution in [0.25, 0.3) is 0 Å². The van der Waals surface area contributed by atoms with Crippen LogP contribution >= 0.6 is 0 Å². The average molecular weight is 297 g/mol. The second kappa shape index (κ2) is 6.56. The first-order chi connectivity index (χ1) is 9.70. The first kappa shape index (κ1) is 16.9. The van der Waals surface area contributed by atoms with E-state index in [1.165, 1.54) is 49.9 Å². The van der Waals surface area contributed by atoms with Crippen molar-refractivity contribution in [1.82, 2.24) is 4.90 Å². The highest BCUT2D eigenvalue weighted by molar-refractivity contribution is 5.88. The number of hydrogen-bond donors (Lipinski definition) is 1. The summed E-state index contributed by atoms with van der Waals surface area (Å²) in [6.45, 7) is 6.40. The largest absolute Gasteiger partial charge is 0.481 e. The molecule has 5 nitrogen and oxygen atoms in total. The highest BCUT2D eigenvalue weighted by Crippen LogP contribution is 2.19. The molecule has 0 aliphatic heterocycles. The SMILES string of the molecule is CCN(C(=O)C(C)Oc1ccc(F)cc1)C(C)(C)C(=O)O. The molecule has 1 N–H and O–H groups in total. The second-order valence-electron chi connectivity index (χ2n) is 5.16. The van der Waals surface area contributed by atoms with Crippen LogP contribution < -0.4 is 4.74 Å². The van der Waals surface area contributed by atoms with Crippen molar-refractivity contribution in [3.63, 3.8) is 0 Å². The number of carbonyl (C=O) groups is 2. The van der Waals surface area contributed by atoms with Crippen LogP contribution in [0, 0.1) is 5.82 Å². The summed E-state index contributed by atoms with van der Waals surface area (Å²) in [6.07, 6.45) is -0.867. The van der Waals surface area contributed by atoms with Crippen LogP contribution in [-0.2, 0) is 9.59 Å². The lowest BCUT2D eigenvalue weighted by molar-refractivity contribution is -0.159. The number of nitrogens with zero attached hydrogens (tertiary/aromatic N) is 1. The maximum absolute atomic E-state index is 12.8. The van der Waals surface area contributed by atoms with Gasteiger partial charge in [-0.05, 0) is 52.0 Å². The highest BCUT2D eigenvalue weighted by atomic mass is 19.1. The molecule has 0 saturated carbocycles. The van der Waals surface area contributed by atoms with Gasteiger partial charge in [-0.2, -0.15) is 0 Å². The van der Waals surface area contributed by atoms with Gasteiger partial charge in [0.15, 0.2) is 6.10 Å². The number of likely N-dealkylation sites (N-methyl/N-ethyl adjacent to an activating group) is 1. The fourth-order valence-corrected chi connectivity index (χ4v) is 1.93. The van der Waals surface area contributed by atoms with Gasteiger partial charge in [0.1, 0.15) is 17.1 Å². The van der Waals surface area contributed by atoms with E-state index in [-0.39, 0.29) is 6.54 Å². The number of carboxylic acid groups (broad SMARTS) is 1. The zero-order valence-electron chi connectivity index (χ0n) is 12.6. The smallest absolute Gasteiger partial charge is 0.329 e. The van der Waals surface area contributed by atoms with Gasteiger partial charge in [0.2, 0.25) is 0 Å². The first-order valence-corrected chi connectivity index (χ1v) is 6.67. The molecule has 0 aliphatic rings. The van der Waals surface area contributed by atoms with Gasteiger partial charge in [-0.1, -0.05) is 0 Å². The molecule has 0 spiro atoms. The number of benzene rings is 1. The van der Waals surface area contributed by atoms with E-state index in [4.69, 9.17) is 4.74 Å². The van der Waals surface area contributed by atoms with Gasteiger partial charge in [0, 0.05) is 6.54 Å². The Bertz CT molecular complexity index is 513. The van der Waals surface area contributed by atoms with Gasteiger partial charge in [0.05, 0.1) is 0 Å². The number of carboxylic acids is 1. The molecule has 6 heteroatoms. The summed E-state index contributed by atoms with van der Waals surface area (Å²) < 4.78 is 18.3. The molecule has 0 aliphatic carbocycles. The van der Waals surface area contributed by atoms with Crippen molar-refractivity contribution in [2.24, 2.45) is 0 Å². The third-order valence-corrected chi connectivity index (χ3v) is 3.25. The van der Waals surface area contributed by atoms with Crippen LogP contribution in [0.3, 0.4) is 0 Å². The van der Waals surface area contributed by atoms with E-state index in [0.717, 1.165) is 0 Å². The molecular formula is C15H20FNO4. The monoisotopic (exact) mass is 297 g/mol. The minimum Gasteiger partial charge on any atom is -0.481 e. The van der Waals surface area contributed by atoms with Crippen LogP contribution in [0.4, 0.5) is 4.39 Å². The lowest BCUT2D eigenvalue weighted by Crippen LogP contribution is -2.56. The molecule has 1 aromatic rings. The van der Waals surface area contributed by atoms with Crippen molar-refractivity contribution in [3.05, 3.63) is 30.1 Å². The van der Waals surface area contributed by atoms with E-state index in [9.17, 15) is 19.1 Å². The second-order valence-corrected chi connectivity index (χ2v) is 5.16. The Kier molecular flexibility index (Phi) is 5.29. The topological polar surface area (TPSA) is 66.8 Å². The Morgan fingerprint density at radius 2 is 1.86 bits per heavy atom. The van der Waals surface area contributed by atoms with Gasteiger partial charge in [-0.15, -0.1) is 0 Å². The summed E-state index contributed by atoms with van der Waals surface area (Å²) in [5.74, 6) is -1.58. The summed E-state index contributed by atoms with van der Waals surface area (Å²) in [5.41, 5.74) is -1.33. The number of carbonyl (C=O) groups excluding carboxylic acids is 1. The van der Waals surface area contributed by atoms with E-state index >= 15 is 0 Å². The van der Waals surface area contributed by atoms with Crippen LogP contribution in [0.2, 0.25) is 0 Å². The number of aliphatic carboxylic acids is 1. The van der Waals surface area contributed by atoms with E-state index in [1.54, 1.807) is 6.92 Å². The quantitative estimate of drug-likeness (QED) is 0.875. The Balaban J connectivity index is 2.85. The van der Waals surface area contributed by atoms with Crippen LogP contribution in [0.1, 0.15) is 27.7 Å². The Morgan fingerprint density at radius 3 is 2.29 bits per heavy atom.